The van der Waals surface area contributed by atoms with Crippen molar-refractivity contribution in [3.05, 3.63) is 71.6 Å². The fraction of sp³-hybridized carbons (Fsp3) is 0.200. The van der Waals surface area contributed by atoms with E-state index in [9.17, 15) is 14.0 Å². The number of halogens is 1. The number of hydrogen-bond donors (Lipinski definition) is 0. The van der Waals surface area contributed by atoms with Crippen molar-refractivity contribution in [3.63, 3.8) is 0 Å². The van der Waals surface area contributed by atoms with Crippen LogP contribution in [-0.4, -0.2) is 36.7 Å². The van der Waals surface area contributed by atoms with Gasteiger partial charge < -0.3 is 9.47 Å². The van der Waals surface area contributed by atoms with E-state index in [1.54, 1.807) is 6.07 Å². The van der Waals surface area contributed by atoms with Crippen LogP contribution in [0.15, 0.2) is 54.6 Å². The molecule has 1 aliphatic rings. The number of carbonyl (C=O) groups is 2. The van der Waals surface area contributed by atoms with Crippen molar-refractivity contribution in [1.82, 2.24) is 4.90 Å². The summed E-state index contributed by atoms with van der Waals surface area (Å²) in [6, 6.07) is 13.5. The molecule has 0 saturated carbocycles. The van der Waals surface area contributed by atoms with E-state index in [4.69, 9.17) is 9.47 Å². The van der Waals surface area contributed by atoms with Crippen LogP contribution < -0.4 is 4.74 Å². The second-order valence-corrected chi connectivity index (χ2v) is 5.85. The van der Waals surface area contributed by atoms with Crippen LogP contribution >= 0.6 is 0 Å². The van der Waals surface area contributed by atoms with Crippen molar-refractivity contribution in [1.29, 1.82) is 0 Å². The van der Waals surface area contributed by atoms with Crippen LogP contribution in [0.3, 0.4) is 0 Å². The zero-order valence-electron chi connectivity index (χ0n) is 14.2. The predicted octanol–water partition coefficient (Wildman–Crippen LogP) is 3.44. The third kappa shape index (κ3) is 3.91. The van der Waals surface area contributed by atoms with E-state index in [2.05, 4.69) is 0 Å². The highest BCUT2D eigenvalue weighted by molar-refractivity contribution is 6.02. The lowest BCUT2D eigenvalue weighted by molar-refractivity contribution is -0.124. The van der Waals surface area contributed by atoms with Gasteiger partial charge in [-0.15, -0.1) is 0 Å². The summed E-state index contributed by atoms with van der Waals surface area (Å²) in [6.45, 7) is 0.143. The molecule has 134 valence electrons. The number of imide groups is 1. The minimum absolute atomic E-state index is 0.143. The standard InChI is InChI=1S/C20H18FNO4/c1-25-17-9-7-15(18(21)12-17)8-10-19(23)22-16(13-26-20(22)24)11-14-5-3-2-4-6-14/h2-10,12,16H,11,13H2,1H3. The van der Waals surface area contributed by atoms with Gasteiger partial charge in [-0.2, -0.15) is 0 Å². The maximum atomic E-state index is 14.0. The number of cyclic esters (lactones) is 1. The fourth-order valence-electron chi connectivity index (χ4n) is 2.78. The molecule has 2 aromatic rings. The number of rotatable bonds is 5. The van der Waals surface area contributed by atoms with Gasteiger partial charge in [-0.25, -0.2) is 14.1 Å². The zero-order chi connectivity index (χ0) is 18.5. The van der Waals surface area contributed by atoms with Crippen LogP contribution in [0.4, 0.5) is 9.18 Å². The Morgan fingerprint density at radius 1 is 1.31 bits per heavy atom. The lowest BCUT2D eigenvalue weighted by Gasteiger charge is -2.18. The Kier molecular flexibility index (Phi) is 5.31. The van der Waals surface area contributed by atoms with E-state index in [0.717, 1.165) is 10.5 Å². The van der Waals surface area contributed by atoms with Gasteiger partial charge in [0.25, 0.3) is 5.91 Å². The third-order valence-corrected chi connectivity index (χ3v) is 4.13. The minimum atomic E-state index is -0.684. The molecular weight excluding hydrogens is 337 g/mol. The second kappa shape index (κ2) is 7.82. The highest BCUT2D eigenvalue weighted by Crippen LogP contribution is 2.20. The molecule has 6 heteroatoms. The highest BCUT2D eigenvalue weighted by atomic mass is 19.1. The number of nitrogens with zero attached hydrogens (tertiary/aromatic N) is 1. The van der Waals surface area contributed by atoms with Gasteiger partial charge in [0.05, 0.1) is 13.2 Å². The summed E-state index contributed by atoms with van der Waals surface area (Å²) in [4.78, 5) is 25.5. The maximum absolute atomic E-state index is 14.0. The van der Waals surface area contributed by atoms with E-state index in [1.807, 2.05) is 30.3 Å². The quantitative estimate of drug-likeness (QED) is 0.771. The molecule has 0 radical (unpaired) electrons. The lowest BCUT2D eigenvalue weighted by atomic mass is 10.1. The molecule has 3 rings (SSSR count). The van der Waals surface area contributed by atoms with Gasteiger partial charge in [0.1, 0.15) is 18.2 Å². The van der Waals surface area contributed by atoms with Crippen molar-refractivity contribution in [2.75, 3.05) is 13.7 Å². The van der Waals surface area contributed by atoms with Crippen LogP contribution in [0.2, 0.25) is 0 Å². The molecule has 1 unspecified atom stereocenters. The first-order chi connectivity index (χ1) is 12.6. The van der Waals surface area contributed by atoms with Crippen LogP contribution in [0.25, 0.3) is 6.08 Å². The van der Waals surface area contributed by atoms with Crippen molar-refractivity contribution in [2.24, 2.45) is 0 Å². The van der Waals surface area contributed by atoms with Gasteiger partial charge in [0, 0.05) is 17.7 Å². The van der Waals surface area contributed by atoms with Gasteiger partial charge in [0.15, 0.2) is 0 Å². The van der Waals surface area contributed by atoms with Gasteiger partial charge in [0.2, 0.25) is 0 Å². The largest absolute Gasteiger partial charge is 0.497 e. The van der Waals surface area contributed by atoms with Crippen molar-refractivity contribution >= 4 is 18.1 Å². The number of ether oxygens (including phenoxy) is 2. The first kappa shape index (κ1) is 17.7. The Labute approximate surface area is 150 Å². The average molecular weight is 355 g/mol. The molecular formula is C20H18FNO4. The molecule has 0 spiro atoms. The number of hydrogen-bond acceptors (Lipinski definition) is 4. The summed E-state index contributed by atoms with van der Waals surface area (Å²) >= 11 is 0. The summed E-state index contributed by atoms with van der Waals surface area (Å²) in [5.41, 5.74) is 1.23. The topological polar surface area (TPSA) is 55.8 Å². The van der Waals surface area contributed by atoms with Crippen molar-refractivity contribution < 1.29 is 23.5 Å². The Hall–Kier alpha value is -3.15. The Morgan fingerprint density at radius 2 is 2.08 bits per heavy atom. The van der Waals surface area contributed by atoms with Crippen LogP contribution in [0.5, 0.6) is 5.75 Å². The summed E-state index contributed by atoms with van der Waals surface area (Å²) in [5, 5.41) is 0. The Balaban J connectivity index is 1.73. The van der Waals surface area contributed by atoms with Crippen molar-refractivity contribution in [3.8, 4) is 5.75 Å². The molecule has 1 heterocycles. The molecule has 0 aliphatic carbocycles. The zero-order valence-corrected chi connectivity index (χ0v) is 14.2. The molecule has 2 aromatic carbocycles. The van der Waals surface area contributed by atoms with E-state index < -0.39 is 17.8 Å². The third-order valence-electron chi connectivity index (χ3n) is 4.13. The Morgan fingerprint density at radius 3 is 2.77 bits per heavy atom. The summed E-state index contributed by atoms with van der Waals surface area (Å²) in [5.74, 6) is -0.668. The number of carbonyl (C=O) groups excluding carboxylic acids is 2. The van der Waals surface area contributed by atoms with Gasteiger partial charge >= 0.3 is 6.09 Å². The van der Waals surface area contributed by atoms with Crippen LogP contribution in [0, 0.1) is 5.82 Å². The van der Waals surface area contributed by atoms with E-state index >= 15 is 0 Å². The molecule has 5 nitrogen and oxygen atoms in total. The fourth-order valence-corrected chi connectivity index (χ4v) is 2.78. The summed E-state index contributed by atoms with van der Waals surface area (Å²) in [6.07, 6.45) is 2.33. The van der Waals surface area contributed by atoms with E-state index in [1.165, 1.54) is 31.4 Å². The molecule has 0 aromatic heterocycles. The second-order valence-electron chi connectivity index (χ2n) is 5.85. The first-order valence-corrected chi connectivity index (χ1v) is 8.14. The molecule has 2 amide bonds. The maximum Gasteiger partial charge on any atom is 0.417 e. The van der Waals surface area contributed by atoms with Crippen molar-refractivity contribution in [2.45, 2.75) is 12.5 Å². The SMILES string of the molecule is COc1ccc(C=CC(=O)N2C(=O)OCC2Cc2ccccc2)c(F)c1. The van der Waals surface area contributed by atoms with Gasteiger partial charge in [-0.05, 0) is 30.2 Å². The minimum Gasteiger partial charge on any atom is -0.497 e. The molecule has 1 saturated heterocycles. The number of benzene rings is 2. The molecule has 1 atom stereocenters. The lowest BCUT2D eigenvalue weighted by Crippen LogP contribution is -2.39. The number of methoxy groups -OCH3 is 1. The molecule has 0 N–H and O–H groups in total. The predicted molar refractivity (Wildman–Crippen MR) is 94.1 cm³/mol. The van der Waals surface area contributed by atoms with Gasteiger partial charge in [-0.3, -0.25) is 4.79 Å². The van der Waals surface area contributed by atoms with E-state index in [0.29, 0.717) is 12.2 Å². The molecule has 1 fully saturated rings. The highest BCUT2D eigenvalue weighted by Gasteiger charge is 2.36. The summed E-state index contributed by atoms with van der Waals surface area (Å²) in [7, 11) is 1.44. The van der Waals surface area contributed by atoms with Gasteiger partial charge in [-0.1, -0.05) is 30.3 Å². The average Bonchev–Trinajstić information content (AvgIpc) is 3.01. The molecule has 26 heavy (non-hydrogen) atoms. The van der Waals surface area contributed by atoms with E-state index in [-0.39, 0.29) is 18.2 Å². The monoisotopic (exact) mass is 355 g/mol. The smallest absolute Gasteiger partial charge is 0.417 e. The normalized spacial score (nSPS) is 16.8. The molecule has 0 bridgehead atoms. The summed E-state index contributed by atoms with van der Waals surface area (Å²) < 4.78 is 23.9. The van der Waals surface area contributed by atoms with Crippen LogP contribution in [0.1, 0.15) is 11.1 Å². The first-order valence-electron chi connectivity index (χ1n) is 8.14. The Bertz CT molecular complexity index is 835. The molecule has 1 aliphatic heterocycles. The number of amides is 2. The van der Waals surface area contributed by atoms with Crippen LogP contribution in [-0.2, 0) is 16.0 Å².